The Hall–Kier alpha value is -3.15. The van der Waals surface area contributed by atoms with Crippen LogP contribution in [-0.2, 0) is 4.84 Å². The summed E-state index contributed by atoms with van der Waals surface area (Å²) in [6, 6.07) is 13.1. The van der Waals surface area contributed by atoms with Gasteiger partial charge in [-0.15, -0.1) is 0 Å². The largest absolute Gasteiger partial charge is 0.490 e. The molecule has 0 radical (unpaired) electrons. The predicted molar refractivity (Wildman–Crippen MR) is 96.3 cm³/mol. The Morgan fingerprint density at radius 1 is 0.852 bits per heavy atom. The third-order valence-corrected chi connectivity index (χ3v) is 4.88. The number of carbonyl (C=O) groups is 3. The average Bonchev–Trinajstić information content (AvgIpc) is 2.94. The van der Waals surface area contributed by atoms with Gasteiger partial charge in [-0.25, -0.2) is 4.79 Å². The molecule has 1 aliphatic carbocycles. The molecule has 1 aliphatic heterocycles. The minimum absolute atomic E-state index is 0.0620. The molecule has 2 aromatic carbocycles. The van der Waals surface area contributed by atoms with E-state index in [2.05, 4.69) is 0 Å². The zero-order valence-electron chi connectivity index (χ0n) is 14.7. The van der Waals surface area contributed by atoms with Gasteiger partial charge in [-0.05, 0) is 49.9 Å². The number of amides is 2. The number of nitrogens with zero attached hydrogens (tertiary/aromatic N) is 1. The first-order chi connectivity index (χ1) is 13.1. The third kappa shape index (κ3) is 3.30. The van der Waals surface area contributed by atoms with Gasteiger partial charge in [0.05, 0.1) is 17.2 Å². The van der Waals surface area contributed by atoms with Crippen LogP contribution in [0.25, 0.3) is 0 Å². The van der Waals surface area contributed by atoms with Crippen LogP contribution in [-0.4, -0.2) is 29.0 Å². The molecular weight excluding hydrogens is 346 g/mol. The first kappa shape index (κ1) is 17.3. The zero-order valence-corrected chi connectivity index (χ0v) is 14.7. The van der Waals surface area contributed by atoms with Crippen molar-refractivity contribution in [2.75, 3.05) is 0 Å². The molecule has 0 saturated heterocycles. The number of para-hydroxylation sites is 1. The maximum absolute atomic E-state index is 12.7. The highest BCUT2D eigenvalue weighted by Gasteiger charge is 2.39. The molecule has 138 valence electrons. The molecule has 27 heavy (non-hydrogen) atoms. The number of hydrogen-bond acceptors (Lipinski definition) is 5. The van der Waals surface area contributed by atoms with Gasteiger partial charge >= 0.3 is 5.97 Å². The fourth-order valence-electron chi connectivity index (χ4n) is 3.48. The molecule has 2 aromatic rings. The Morgan fingerprint density at radius 3 is 2.11 bits per heavy atom. The molecular formula is C21H19NO5. The van der Waals surface area contributed by atoms with Crippen LogP contribution in [0.15, 0.2) is 48.5 Å². The summed E-state index contributed by atoms with van der Waals surface area (Å²) in [7, 11) is 0. The Kier molecular flexibility index (Phi) is 4.62. The standard InChI is InChI=1S/C21H19NO5/c23-19-15-10-4-5-11-16(15)20(24)22(19)27-21(25)17-12-6-7-13-18(17)26-14-8-2-1-3-9-14/h4-7,10-14H,1-3,8-9H2. The monoisotopic (exact) mass is 365 g/mol. The molecule has 6 heteroatoms. The Morgan fingerprint density at radius 2 is 1.44 bits per heavy atom. The van der Waals surface area contributed by atoms with Crippen LogP contribution in [0.3, 0.4) is 0 Å². The second-order valence-corrected chi connectivity index (χ2v) is 6.70. The third-order valence-electron chi connectivity index (χ3n) is 4.88. The van der Waals surface area contributed by atoms with E-state index < -0.39 is 17.8 Å². The van der Waals surface area contributed by atoms with E-state index >= 15 is 0 Å². The van der Waals surface area contributed by atoms with Crippen molar-refractivity contribution in [3.63, 3.8) is 0 Å². The number of imide groups is 1. The SMILES string of the molecule is O=C(ON1C(=O)c2ccccc2C1=O)c1ccccc1OC1CCCCC1. The van der Waals surface area contributed by atoms with E-state index in [1.165, 1.54) is 18.6 Å². The van der Waals surface area contributed by atoms with Crippen molar-refractivity contribution in [2.24, 2.45) is 0 Å². The van der Waals surface area contributed by atoms with Crippen molar-refractivity contribution < 1.29 is 24.0 Å². The topological polar surface area (TPSA) is 72.9 Å². The van der Waals surface area contributed by atoms with E-state index in [4.69, 9.17) is 9.57 Å². The summed E-state index contributed by atoms with van der Waals surface area (Å²) < 4.78 is 6.00. The molecule has 0 atom stereocenters. The fourth-order valence-corrected chi connectivity index (χ4v) is 3.48. The van der Waals surface area contributed by atoms with E-state index in [0.717, 1.165) is 25.7 Å². The Balaban J connectivity index is 1.52. The number of carbonyl (C=O) groups excluding carboxylic acids is 3. The highest BCUT2D eigenvalue weighted by atomic mass is 16.7. The number of ether oxygens (including phenoxy) is 1. The highest BCUT2D eigenvalue weighted by molar-refractivity contribution is 6.21. The molecule has 0 aromatic heterocycles. The van der Waals surface area contributed by atoms with E-state index in [1.54, 1.807) is 36.4 Å². The van der Waals surface area contributed by atoms with Gasteiger partial charge in [0.2, 0.25) is 0 Å². The lowest BCUT2D eigenvalue weighted by molar-refractivity contribution is -0.0587. The summed E-state index contributed by atoms with van der Waals surface area (Å²) in [5, 5.41) is 0.518. The summed E-state index contributed by atoms with van der Waals surface area (Å²) in [6.45, 7) is 0. The van der Waals surface area contributed by atoms with E-state index in [9.17, 15) is 14.4 Å². The van der Waals surface area contributed by atoms with Crippen LogP contribution < -0.4 is 4.74 Å². The number of hydrogen-bond donors (Lipinski definition) is 0. The van der Waals surface area contributed by atoms with Gasteiger partial charge in [0.15, 0.2) is 0 Å². The van der Waals surface area contributed by atoms with Gasteiger partial charge in [-0.1, -0.05) is 35.7 Å². The van der Waals surface area contributed by atoms with Crippen molar-refractivity contribution >= 4 is 17.8 Å². The Bertz CT molecular complexity index is 866. The van der Waals surface area contributed by atoms with Crippen molar-refractivity contribution in [3.8, 4) is 5.75 Å². The summed E-state index contributed by atoms with van der Waals surface area (Å²) in [5.74, 6) is -1.67. The predicted octanol–water partition coefficient (Wildman–Crippen LogP) is 3.77. The highest BCUT2D eigenvalue weighted by Crippen LogP contribution is 2.28. The number of benzene rings is 2. The lowest BCUT2D eigenvalue weighted by Crippen LogP contribution is -2.33. The Labute approximate surface area is 156 Å². The van der Waals surface area contributed by atoms with Crippen LogP contribution >= 0.6 is 0 Å². The van der Waals surface area contributed by atoms with Crippen LogP contribution in [0.2, 0.25) is 0 Å². The van der Waals surface area contributed by atoms with Crippen LogP contribution in [0.1, 0.15) is 63.2 Å². The van der Waals surface area contributed by atoms with Crippen molar-refractivity contribution in [1.82, 2.24) is 5.06 Å². The van der Waals surface area contributed by atoms with Gasteiger partial charge < -0.3 is 9.57 Å². The van der Waals surface area contributed by atoms with Crippen molar-refractivity contribution in [1.29, 1.82) is 0 Å². The molecule has 0 spiro atoms. The quantitative estimate of drug-likeness (QED) is 0.771. The molecule has 1 fully saturated rings. The minimum atomic E-state index is -0.795. The van der Waals surface area contributed by atoms with Gasteiger partial charge in [0, 0.05) is 0 Å². The van der Waals surface area contributed by atoms with Gasteiger partial charge in [-0.3, -0.25) is 9.59 Å². The van der Waals surface area contributed by atoms with Gasteiger partial charge in [-0.2, -0.15) is 0 Å². The summed E-state index contributed by atoms with van der Waals surface area (Å²) >= 11 is 0. The average molecular weight is 365 g/mol. The molecule has 1 heterocycles. The number of fused-ring (bicyclic) bond motifs is 1. The van der Waals surface area contributed by atoms with Crippen molar-refractivity contribution in [3.05, 3.63) is 65.2 Å². The van der Waals surface area contributed by atoms with Crippen LogP contribution in [0.5, 0.6) is 5.75 Å². The number of rotatable bonds is 4. The minimum Gasteiger partial charge on any atom is -0.490 e. The number of hydroxylamine groups is 2. The maximum Gasteiger partial charge on any atom is 0.367 e. The molecule has 0 bridgehead atoms. The smallest absolute Gasteiger partial charge is 0.367 e. The second-order valence-electron chi connectivity index (χ2n) is 6.70. The molecule has 6 nitrogen and oxygen atoms in total. The maximum atomic E-state index is 12.7. The van der Waals surface area contributed by atoms with Crippen LogP contribution in [0.4, 0.5) is 0 Å². The first-order valence-electron chi connectivity index (χ1n) is 9.11. The molecule has 4 rings (SSSR count). The summed E-state index contributed by atoms with van der Waals surface area (Å²) in [5.41, 5.74) is 0.642. The van der Waals surface area contributed by atoms with E-state index in [-0.39, 0.29) is 22.8 Å². The first-order valence-corrected chi connectivity index (χ1v) is 9.11. The molecule has 0 unspecified atom stereocenters. The lowest BCUT2D eigenvalue weighted by atomic mass is 9.97. The van der Waals surface area contributed by atoms with E-state index in [1.807, 2.05) is 0 Å². The van der Waals surface area contributed by atoms with Crippen molar-refractivity contribution in [2.45, 2.75) is 38.2 Å². The van der Waals surface area contributed by atoms with Gasteiger partial charge in [0.1, 0.15) is 11.3 Å². The second kappa shape index (κ2) is 7.23. The zero-order chi connectivity index (χ0) is 18.8. The molecule has 1 saturated carbocycles. The summed E-state index contributed by atoms with van der Waals surface area (Å²) in [4.78, 5) is 42.6. The molecule has 2 amide bonds. The fraction of sp³-hybridized carbons (Fsp3) is 0.286. The summed E-state index contributed by atoms with van der Waals surface area (Å²) in [6.07, 6.45) is 5.36. The lowest BCUT2D eigenvalue weighted by Gasteiger charge is -2.24. The molecule has 0 N–H and O–H groups in total. The van der Waals surface area contributed by atoms with Crippen LogP contribution in [0, 0.1) is 0 Å². The van der Waals surface area contributed by atoms with E-state index in [0.29, 0.717) is 10.8 Å². The normalized spacial score (nSPS) is 17.0. The van der Waals surface area contributed by atoms with Gasteiger partial charge in [0.25, 0.3) is 11.8 Å². The molecule has 2 aliphatic rings.